The molecule has 0 spiro atoms. The first-order valence-corrected chi connectivity index (χ1v) is 8.40. The Bertz CT molecular complexity index is 748. The van der Waals surface area contributed by atoms with Gasteiger partial charge in [0.05, 0.1) is 5.56 Å². The van der Waals surface area contributed by atoms with Gasteiger partial charge in [-0.15, -0.1) is 11.3 Å². The molecule has 110 valence electrons. The standard InChI is InChI=1S/C19H18N2S/c1-14-9-10-16-17(13-20)19(22-18(16)12-14)21-11-5-8-15-6-3-2-4-7-15/h2-8,11,14H,9-10,12H2,1H3/b8-5+,21-11?/t14-/m1/s1. The molecule has 1 aromatic heterocycles. The average Bonchev–Trinajstić information content (AvgIpc) is 2.89. The fourth-order valence-corrected chi connectivity index (χ4v) is 4.08. The molecule has 0 bridgehead atoms. The van der Waals surface area contributed by atoms with Crippen molar-refractivity contribution in [3.8, 4) is 6.07 Å². The number of nitrogens with zero attached hydrogens (tertiary/aromatic N) is 2. The van der Waals surface area contributed by atoms with Gasteiger partial charge >= 0.3 is 0 Å². The van der Waals surface area contributed by atoms with E-state index in [9.17, 15) is 5.26 Å². The van der Waals surface area contributed by atoms with Crippen molar-refractivity contribution in [3.05, 3.63) is 58.0 Å². The molecule has 0 saturated heterocycles. The van der Waals surface area contributed by atoms with E-state index >= 15 is 0 Å². The van der Waals surface area contributed by atoms with Gasteiger partial charge in [-0.2, -0.15) is 5.26 Å². The summed E-state index contributed by atoms with van der Waals surface area (Å²) < 4.78 is 0. The van der Waals surface area contributed by atoms with Crippen LogP contribution in [0, 0.1) is 17.2 Å². The maximum Gasteiger partial charge on any atom is 0.134 e. The lowest BCUT2D eigenvalue weighted by Gasteiger charge is -2.17. The number of aliphatic imine (C=N–C) groups is 1. The van der Waals surface area contributed by atoms with Crippen LogP contribution in [-0.4, -0.2) is 6.21 Å². The molecule has 0 saturated carbocycles. The molecule has 0 unspecified atom stereocenters. The average molecular weight is 306 g/mol. The summed E-state index contributed by atoms with van der Waals surface area (Å²) in [7, 11) is 0. The summed E-state index contributed by atoms with van der Waals surface area (Å²) in [4.78, 5) is 5.86. The van der Waals surface area contributed by atoms with E-state index < -0.39 is 0 Å². The molecule has 1 heterocycles. The minimum atomic E-state index is 0.715. The number of hydrogen-bond donors (Lipinski definition) is 0. The Balaban J connectivity index is 1.79. The molecule has 2 aromatic rings. The van der Waals surface area contributed by atoms with Gasteiger partial charge in [0.1, 0.15) is 11.1 Å². The monoisotopic (exact) mass is 306 g/mol. The Morgan fingerprint density at radius 2 is 2.14 bits per heavy atom. The summed E-state index contributed by atoms with van der Waals surface area (Å²) in [5, 5.41) is 10.3. The molecular weight excluding hydrogens is 288 g/mol. The van der Waals surface area contributed by atoms with Crippen LogP contribution in [0.5, 0.6) is 0 Å². The van der Waals surface area contributed by atoms with Gasteiger partial charge < -0.3 is 0 Å². The van der Waals surface area contributed by atoms with E-state index in [2.05, 4.69) is 30.1 Å². The minimum Gasteiger partial charge on any atom is -0.245 e. The van der Waals surface area contributed by atoms with Crippen LogP contribution in [-0.2, 0) is 12.8 Å². The number of nitriles is 1. The Hall–Kier alpha value is -2.18. The second-order valence-electron chi connectivity index (χ2n) is 5.69. The van der Waals surface area contributed by atoms with E-state index in [4.69, 9.17) is 0 Å². The van der Waals surface area contributed by atoms with Crippen molar-refractivity contribution in [1.29, 1.82) is 5.26 Å². The fraction of sp³-hybridized carbons (Fsp3) is 0.263. The molecule has 0 fully saturated rings. The summed E-state index contributed by atoms with van der Waals surface area (Å²) in [5.74, 6) is 0.715. The first-order valence-electron chi connectivity index (χ1n) is 7.58. The second kappa shape index (κ2) is 6.72. The van der Waals surface area contributed by atoms with Gasteiger partial charge in [-0.3, -0.25) is 0 Å². The summed E-state index contributed by atoms with van der Waals surface area (Å²) >= 11 is 1.68. The molecule has 3 rings (SSSR count). The molecular formula is C19H18N2S. The number of fused-ring (bicyclic) bond motifs is 1. The maximum atomic E-state index is 9.43. The van der Waals surface area contributed by atoms with Gasteiger partial charge in [-0.05, 0) is 42.4 Å². The number of rotatable bonds is 3. The van der Waals surface area contributed by atoms with Crippen LogP contribution in [0.3, 0.4) is 0 Å². The van der Waals surface area contributed by atoms with Gasteiger partial charge in [0.15, 0.2) is 0 Å². The zero-order valence-electron chi connectivity index (χ0n) is 12.6. The highest BCUT2D eigenvalue weighted by Gasteiger charge is 2.23. The molecule has 3 heteroatoms. The maximum absolute atomic E-state index is 9.43. The molecule has 1 aliphatic carbocycles. The molecule has 0 radical (unpaired) electrons. The number of thiophene rings is 1. The van der Waals surface area contributed by atoms with Crippen molar-refractivity contribution in [1.82, 2.24) is 0 Å². The summed E-state index contributed by atoms with van der Waals surface area (Å²) in [5.41, 5.74) is 3.18. The Labute approximate surface area is 135 Å². The van der Waals surface area contributed by atoms with Crippen molar-refractivity contribution in [2.75, 3.05) is 0 Å². The highest BCUT2D eigenvalue weighted by atomic mass is 32.1. The molecule has 2 nitrogen and oxygen atoms in total. The van der Waals surface area contributed by atoms with E-state index in [0.717, 1.165) is 29.0 Å². The Morgan fingerprint density at radius 1 is 1.32 bits per heavy atom. The minimum absolute atomic E-state index is 0.715. The SMILES string of the molecule is C[C@@H]1CCc2c(sc(N=C/C=C/c3ccccc3)c2C#N)C1. The molecule has 0 N–H and O–H groups in total. The van der Waals surface area contributed by atoms with Crippen LogP contribution in [0.1, 0.15) is 34.9 Å². The van der Waals surface area contributed by atoms with Crippen molar-refractivity contribution in [2.45, 2.75) is 26.2 Å². The van der Waals surface area contributed by atoms with Crippen molar-refractivity contribution in [3.63, 3.8) is 0 Å². The lowest BCUT2D eigenvalue weighted by atomic mass is 9.89. The zero-order valence-corrected chi connectivity index (χ0v) is 13.4. The highest BCUT2D eigenvalue weighted by Crippen LogP contribution is 2.40. The lowest BCUT2D eigenvalue weighted by molar-refractivity contribution is 0.507. The molecule has 1 aliphatic rings. The van der Waals surface area contributed by atoms with Crippen molar-refractivity contribution < 1.29 is 0 Å². The van der Waals surface area contributed by atoms with Crippen LogP contribution in [0.15, 0.2) is 41.4 Å². The topological polar surface area (TPSA) is 36.1 Å². The number of allylic oxidation sites excluding steroid dienone is 1. The fourth-order valence-electron chi connectivity index (χ4n) is 2.77. The van der Waals surface area contributed by atoms with Crippen LogP contribution in [0.25, 0.3) is 6.08 Å². The molecule has 0 amide bonds. The predicted octanol–water partition coefficient (Wildman–Crippen LogP) is 5.16. The largest absolute Gasteiger partial charge is 0.245 e. The van der Waals surface area contributed by atoms with E-state index in [1.54, 1.807) is 17.6 Å². The van der Waals surface area contributed by atoms with E-state index in [1.807, 2.05) is 30.4 Å². The van der Waals surface area contributed by atoms with Gasteiger partial charge in [0, 0.05) is 11.1 Å². The number of hydrogen-bond acceptors (Lipinski definition) is 3. The van der Waals surface area contributed by atoms with E-state index in [1.165, 1.54) is 16.9 Å². The second-order valence-corrected chi connectivity index (χ2v) is 6.78. The van der Waals surface area contributed by atoms with Crippen LogP contribution >= 0.6 is 11.3 Å². The van der Waals surface area contributed by atoms with E-state index in [0.29, 0.717) is 5.92 Å². The first kappa shape index (κ1) is 14.7. The lowest BCUT2D eigenvalue weighted by Crippen LogP contribution is -2.09. The Kier molecular flexibility index (Phi) is 4.50. The summed E-state index contributed by atoms with van der Waals surface area (Å²) in [6.07, 6.45) is 9.02. The highest BCUT2D eigenvalue weighted by molar-refractivity contribution is 7.16. The van der Waals surface area contributed by atoms with Crippen LogP contribution in [0.2, 0.25) is 0 Å². The van der Waals surface area contributed by atoms with Gasteiger partial charge in [-0.25, -0.2) is 4.99 Å². The smallest absolute Gasteiger partial charge is 0.134 e. The normalized spacial score (nSPS) is 17.7. The quantitative estimate of drug-likeness (QED) is 0.721. The Morgan fingerprint density at radius 3 is 2.91 bits per heavy atom. The number of benzene rings is 1. The third kappa shape index (κ3) is 3.18. The zero-order chi connectivity index (χ0) is 15.4. The molecule has 0 aliphatic heterocycles. The summed E-state index contributed by atoms with van der Waals surface area (Å²) in [6, 6.07) is 12.5. The van der Waals surface area contributed by atoms with Gasteiger partial charge in [-0.1, -0.05) is 43.3 Å². The van der Waals surface area contributed by atoms with Crippen LogP contribution in [0.4, 0.5) is 5.00 Å². The first-order chi connectivity index (χ1) is 10.8. The molecule has 1 aromatic carbocycles. The third-order valence-electron chi connectivity index (χ3n) is 3.97. The third-order valence-corrected chi connectivity index (χ3v) is 5.13. The van der Waals surface area contributed by atoms with Crippen LogP contribution < -0.4 is 0 Å². The van der Waals surface area contributed by atoms with Crippen molar-refractivity contribution in [2.24, 2.45) is 10.9 Å². The predicted molar refractivity (Wildman–Crippen MR) is 93.9 cm³/mol. The summed E-state index contributed by atoms with van der Waals surface area (Å²) in [6.45, 7) is 2.28. The molecule has 1 atom stereocenters. The van der Waals surface area contributed by atoms with Gasteiger partial charge in [0.25, 0.3) is 0 Å². The van der Waals surface area contributed by atoms with E-state index in [-0.39, 0.29) is 0 Å². The van der Waals surface area contributed by atoms with Crippen molar-refractivity contribution >= 4 is 28.6 Å². The van der Waals surface area contributed by atoms with Gasteiger partial charge in [0.2, 0.25) is 0 Å². The molecule has 22 heavy (non-hydrogen) atoms.